The average molecular weight is 265 g/mol. The van der Waals surface area contributed by atoms with E-state index in [4.69, 9.17) is 4.74 Å². The number of likely N-dealkylation sites (N-methyl/N-ethyl adjacent to an activating group) is 1. The molecule has 5 heteroatoms. The molecule has 19 heavy (non-hydrogen) atoms. The van der Waals surface area contributed by atoms with Crippen LogP contribution in [0.4, 0.5) is 0 Å². The fraction of sp³-hybridized carbons (Fsp3) is 0.571. The lowest BCUT2D eigenvalue weighted by atomic mass is 10.3. The second-order valence-electron chi connectivity index (χ2n) is 4.36. The van der Waals surface area contributed by atoms with Crippen LogP contribution >= 0.6 is 0 Å². The zero-order chi connectivity index (χ0) is 14.1. The highest BCUT2D eigenvalue weighted by Gasteiger charge is 2.07. The van der Waals surface area contributed by atoms with E-state index in [1.54, 1.807) is 18.1 Å². The molecule has 106 valence electrons. The van der Waals surface area contributed by atoms with Crippen LogP contribution in [0.3, 0.4) is 0 Å². The van der Waals surface area contributed by atoms with Gasteiger partial charge in [-0.2, -0.15) is 0 Å². The molecule has 5 nitrogen and oxygen atoms in total. The first-order valence-corrected chi connectivity index (χ1v) is 6.69. The number of hydrogen-bond acceptors (Lipinski definition) is 4. The van der Waals surface area contributed by atoms with E-state index < -0.39 is 0 Å². The van der Waals surface area contributed by atoms with Gasteiger partial charge in [0.1, 0.15) is 5.75 Å². The molecule has 0 spiro atoms. The van der Waals surface area contributed by atoms with Crippen molar-refractivity contribution in [1.29, 1.82) is 0 Å². The maximum Gasteiger partial charge on any atom is 0.260 e. The second-order valence-corrected chi connectivity index (χ2v) is 4.36. The maximum absolute atomic E-state index is 11.6. The Morgan fingerprint density at radius 2 is 2.21 bits per heavy atom. The quantitative estimate of drug-likeness (QED) is 0.723. The molecular formula is C14H23N3O2. The minimum Gasteiger partial charge on any atom is -0.482 e. The zero-order valence-electron chi connectivity index (χ0n) is 12.0. The number of ether oxygens (including phenoxy) is 1. The summed E-state index contributed by atoms with van der Waals surface area (Å²) in [6.07, 6.45) is 2.76. The molecule has 1 rings (SSSR count). The third-order valence-corrected chi connectivity index (χ3v) is 2.79. The Kier molecular flexibility index (Phi) is 6.89. The van der Waals surface area contributed by atoms with Crippen LogP contribution in [0.5, 0.6) is 5.75 Å². The summed E-state index contributed by atoms with van der Waals surface area (Å²) in [5, 5.41) is 3.28. The minimum atomic E-state index is -0.0313. The van der Waals surface area contributed by atoms with Gasteiger partial charge in [-0.05, 0) is 32.0 Å². The van der Waals surface area contributed by atoms with Crippen molar-refractivity contribution in [3.8, 4) is 5.75 Å². The number of carbonyl (C=O) groups excluding carboxylic acids is 1. The van der Waals surface area contributed by atoms with E-state index in [1.165, 1.54) is 0 Å². The number of nitrogens with zero attached hydrogens (tertiary/aromatic N) is 2. The molecule has 0 aromatic carbocycles. The molecule has 1 aromatic heterocycles. The molecule has 0 saturated heterocycles. The van der Waals surface area contributed by atoms with Crippen molar-refractivity contribution in [3.63, 3.8) is 0 Å². The molecule has 1 aromatic rings. The Morgan fingerprint density at radius 3 is 2.79 bits per heavy atom. The summed E-state index contributed by atoms with van der Waals surface area (Å²) in [7, 11) is 1.76. The summed E-state index contributed by atoms with van der Waals surface area (Å²) in [5.74, 6) is 0.591. The molecule has 0 radical (unpaired) electrons. The lowest BCUT2D eigenvalue weighted by Gasteiger charge is -2.14. The molecular weight excluding hydrogens is 242 g/mol. The van der Waals surface area contributed by atoms with Crippen LogP contribution in [0.25, 0.3) is 0 Å². The Labute approximate surface area is 115 Å². The molecule has 0 aliphatic heterocycles. The van der Waals surface area contributed by atoms with Crippen molar-refractivity contribution in [2.75, 3.05) is 26.7 Å². The van der Waals surface area contributed by atoms with E-state index in [0.717, 1.165) is 25.2 Å². The predicted octanol–water partition coefficient (Wildman–Crippen LogP) is 1.44. The van der Waals surface area contributed by atoms with Gasteiger partial charge in [0.25, 0.3) is 5.91 Å². The number of rotatable bonds is 8. The number of amides is 1. The van der Waals surface area contributed by atoms with Crippen LogP contribution in [-0.2, 0) is 11.3 Å². The Bertz CT molecular complexity index is 379. The first-order valence-electron chi connectivity index (χ1n) is 6.69. The van der Waals surface area contributed by atoms with E-state index in [0.29, 0.717) is 12.3 Å². The van der Waals surface area contributed by atoms with Crippen molar-refractivity contribution in [3.05, 3.63) is 24.0 Å². The molecule has 0 aliphatic carbocycles. The van der Waals surface area contributed by atoms with Crippen molar-refractivity contribution >= 4 is 5.91 Å². The molecule has 1 amide bonds. The topological polar surface area (TPSA) is 54.5 Å². The fourth-order valence-electron chi connectivity index (χ4n) is 1.43. The molecule has 0 atom stereocenters. The van der Waals surface area contributed by atoms with Gasteiger partial charge in [0.05, 0.1) is 11.9 Å². The number of carbonyl (C=O) groups is 1. The summed E-state index contributed by atoms with van der Waals surface area (Å²) >= 11 is 0. The van der Waals surface area contributed by atoms with Crippen LogP contribution in [0, 0.1) is 0 Å². The molecule has 0 fully saturated rings. The first kappa shape index (κ1) is 15.4. The lowest BCUT2D eigenvalue weighted by Crippen LogP contribution is -2.31. The summed E-state index contributed by atoms with van der Waals surface area (Å²) in [5.41, 5.74) is 0.970. The van der Waals surface area contributed by atoms with Crippen molar-refractivity contribution in [1.82, 2.24) is 15.2 Å². The highest BCUT2D eigenvalue weighted by atomic mass is 16.5. The highest BCUT2D eigenvalue weighted by Crippen LogP contribution is 2.09. The van der Waals surface area contributed by atoms with Crippen LogP contribution in [0.15, 0.2) is 18.3 Å². The van der Waals surface area contributed by atoms with Gasteiger partial charge in [0.2, 0.25) is 0 Å². The fourth-order valence-corrected chi connectivity index (χ4v) is 1.43. The Balaban J connectivity index is 2.37. The summed E-state index contributed by atoms with van der Waals surface area (Å²) in [6, 6.07) is 3.75. The Morgan fingerprint density at radius 1 is 1.42 bits per heavy atom. The van der Waals surface area contributed by atoms with Gasteiger partial charge < -0.3 is 15.0 Å². The van der Waals surface area contributed by atoms with Gasteiger partial charge >= 0.3 is 0 Å². The van der Waals surface area contributed by atoms with Gasteiger partial charge in [0, 0.05) is 20.1 Å². The van der Waals surface area contributed by atoms with Gasteiger partial charge in [0.15, 0.2) is 6.61 Å². The van der Waals surface area contributed by atoms with Crippen molar-refractivity contribution < 1.29 is 9.53 Å². The van der Waals surface area contributed by atoms with Gasteiger partial charge in [-0.3, -0.25) is 9.78 Å². The summed E-state index contributed by atoms with van der Waals surface area (Å²) in [6.45, 7) is 6.53. The molecule has 0 unspecified atom stereocenters. The standard InChI is InChI=1S/C14H23N3O2/c1-4-8-15-9-12-6-7-13(10-16-12)19-11-14(18)17(3)5-2/h6-7,10,15H,4-5,8-9,11H2,1-3H3. The van der Waals surface area contributed by atoms with Crippen LogP contribution in [0.1, 0.15) is 26.0 Å². The highest BCUT2D eigenvalue weighted by molar-refractivity contribution is 5.77. The number of aromatic nitrogens is 1. The normalized spacial score (nSPS) is 10.3. The number of nitrogens with one attached hydrogen (secondary N) is 1. The van der Waals surface area contributed by atoms with Gasteiger partial charge in [-0.15, -0.1) is 0 Å². The summed E-state index contributed by atoms with van der Waals surface area (Å²) < 4.78 is 5.40. The SMILES string of the molecule is CCCNCc1ccc(OCC(=O)N(C)CC)cn1. The monoisotopic (exact) mass is 265 g/mol. The number of pyridine rings is 1. The van der Waals surface area contributed by atoms with E-state index in [2.05, 4.69) is 17.2 Å². The molecule has 1 N–H and O–H groups in total. The van der Waals surface area contributed by atoms with Crippen molar-refractivity contribution in [2.45, 2.75) is 26.8 Å². The van der Waals surface area contributed by atoms with E-state index in [9.17, 15) is 4.79 Å². The second kappa shape index (κ2) is 8.48. The molecule has 0 bridgehead atoms. The van der Waals surface area contributed by atoms with Gasteiger partial charge in [-0.1, -0.05) is 6.92 Å². The smallest absolute Gasteiger partial charge is 0.260 e. The predicted molar refractivity (Wildman–Crippen MR) is 75.0 cm³/mol. The minimum absolute atomic E-state index is 0.0313. The Hall–Kier alpha value is -1.62. The summed E-state index contributed by atoms with van der Waals surface area (Å²) in [4.78, 5) is 17.5. The lowest BCUT2D eigenvalue weighted by molar-refractivity contribution is -0.131. The van der Waals surface area contributed by atoms with Crippen molar-refractivity contribution in [2.24, 2.45) is 0 Å². The first-order chi connectivity index (χ1) is 9.17. The molecule has 0 aliphatic rings. The average Bonchev–Trinajstić information content (AvgIpc) is 2.45. The van der Waals surface area contributed by atoms with E-state index >= 15 is 0 Å². The zero-order valence-corrected chi connectivity index (χ0v) is 12.0. The van der Waals surface area contributed by atoms with Crippen LogP contribution in [0.2, 0.25) is 0 Å². The third kappa shape index (κ3) is 5.70. The van der Waals surface area contributed by atoms with Crippen LogP contribution in [-0.4, -0.2) is 42.5 Å². The third-order valence-electron chi connectivity index (χ3n) is 2.79. The van der Waals surface area contributed by atoms with Crippen LogP contribution < -0.4 is 10.1 Å². The van der Waals surface area contributed by atoms with E-state index in [-0.39, 0.29) is 12.5 Å². The van der Waals surface area contributed by atoms with Gasteiger partial charge in [-0.25, -0.2) is 0 Å². The maximum atomic E-state index is 11.6. The largest absolute Gasteiger partial charge is 0.482 e. The molecule has 0 saturated carbocycles. The van der Waals surface area contributed by atoms with E-state index in [1.807, 2.05) is 19.1 Å². The molecule has 1 heterocycles. The number of hydrogen-bond donors (Lipinski definition) is 1.